The highest BCUT2D eigenvalue weighted by Crippen LogP contribution is 2.30. The van der Waals surface area contributed by atoms with Gasteiger partial charge in [-0.1, -0.05) is 12.1 Å². The zero-order chi connectivity index (χ0) is 18.4. The Bertz CT molecular complexity index is 969. The van der Waals surface area contributed by atoms with E-state index in [4.69, 9.17) is 0 Å². The molecule has 0 saturated carbocycles. The van der Waals surface area contributed by atoms with Crippen LogP contribution in [0.25, 0.3) is 0 Å². The van der Waals surface area contributed by atoms with Crippen molar-refractivity contribution >= 4 is 60.6 Å². The Balaban J connectivity index is 2.10. The van der Waals surface area contributed by atoms with Gasteiger partial charge in [-0.2, -0.15) is 16.8 Å². The van der Waals surface area contributed by atoms with Crippen molar-refractivity contribution in [3.8, 4) is 0 Å². The van der Waals surface area contributed by atoms with Crippen molar-refractivity contribution < 1.29 is 31.2 Å². The molecule has 13 heteroatoms. The van der Waals surface area contributed by atoms with Crippen LogP contribution in [-0.2, 0) is 29.6 Å². The van der Waals surface area contributed by atoms with E-state index in [2.05, 4.69) is 0 Å². The van der Waals surface area contributed by atoms with Crippen molar-refractivity contribution in [3.05, 3.63) is 35.0 Å². The molecule has 2 aromatic rings. The van der Waals surface area contributed by atoms with Crippen molar-refractivity contribution in [3.63, 3.8) is 0 Å². The molecule has 3 rings (SSSR count). The normalized spacial score (nSPS) is 16.6. The third-order valence-electron chi connectivity index (χ3n) is 3.08. The Labute approximate surface area is 150 Å². The second-order valence-electron chi connectivity index (χ2n) is 4.65. The third kappa shape index (κ3) is 2.78. The summed E-state index contributed by atoms with van der Waals surface area (Å²) in [6, 6.07) is 3.37. The average Bonchev–Trinajstić information content (AvgIpc) is 3.20. The molecule has 0 bridgehead atoms. The van der Waals surface area contributed by atoms with Crippen LogP contribution in [0.2, 0.25) is 0 Å². The zero-order valence-electron chi connectivity index (χ0n) is 12.1. The van der Waals surface area contributed by atoms with Crippen molar-refractivity contribution in [2.75, 3.05) is 0 Å². The first-order valence-electron chi connectivity index (χ1n) is 6.44. The van der Waals surface area contributed by atoms with Gasteiger partial charge in [-0.25, -0.2) is 4.79 Å². The molecule has 0 unspecified atom stereocenters. The topological polar surface area (TPSA) is 126 Å². The Morgan fingerprint density at radius 3 is 1.48 bits per heavy atom. The van der Waals surface area contributed by atoms with Crippen LogP contribution in [0.15, 0.2) is 43.4 Å². The molecule has 2 aromatic heterocycles. The van der Waals surface area contributed by atoms with E-state index in [9.17, 15) is 31.2 Å². The number of imide groups is 2. The predicted octanol–water partition coefficient (Wildman–Crippen LogP) is 1.07. The number of amides is 4. The number of barbiturate groups is 1. The molecule has 0 atom stereocenters. The number of rotatable bonds is 4. The predicted molar refractivity (Wildman–Crippen MR) is 86.7 cm³/mol. The van der Waals surface area contributed by atoms with Crippen LogP contribution in [0, 0.1) is 0 Å². The van der Waals surface area contributed by atoms with Gasteiger partial charge in [-0.05, 0) is 22.9 Å². The van der Waals surface area contributed by atoms with Crippen LogP contribution < -0.4 is 0 Å². The summed E-state index contributed by atoms with van der Waals surface area (Å²) in [4.78, 5) is 36.5. The Morgan fingerprint density at radius 1 is 0.760 bits per heavy atom. The molecule has 0 spiro atoms. The number of hydrogen-bond donors (Lipinski definition) is 0. The first-order chi connectivity index (χ1) is 11.7. The molecule has 3 heterocycles. The van der Waals surface area contributed by atoms with Crippen molar-refractivity contribution in [1.29, 1.82) is 0 Å². The van der Waals surface area contributed by atoms with E-state index in [0.29, 0.717) is 0 Å². The fourth-order valence-electron chi connectivity index (χ4n) is 2.04. The van der Waals surface area contributed by atoms with Crippen LogP contribution >= 0.6 is 22.7 Å². The molecule has 1 aliphatic rings. The van der Waals surface area contributed by atoms with E-state index in [1.807, 2.05) is 0 Å². The molecule has 0 aliphatic carbocycles. The minimum absolute atomic E-state index is 0.175. The van der Waals surface area contributed by atoms with Crippen LogP contribution in [0.1, 0.15) is 6.42 Å². The van der Waals surface area contributed by atoms with Crippen LogP contribution in [0.5, 0.6) is 0 Å². The fourth-order valence-corrected chi connectivity index (χ4v) is 6.85. The minimum atomic E-state index is -4.60. The maximum atomic E-state index is 12.5. The quantitative estimate of drug-likeness (QED) is 0.677. The highest BCUT2D eigenvalue weighted by molar-refractivity contribution is 7.93. The van der Waals surface area contributed by atoms with Gasteiger partial charge in [0.15, 0.2) is 0 Å². The first kappa shape index (κ1) is 17.7. The lowest BCUT2D eigenvalue weighted by molar-refractivity contribution is -0.136. The second-order valence-corrected chi connectivity index (χ2v) is 10.6. The van der Waals surface area contributed by atoms with Crippen molar-refractivity contribution in [1.82, 2.24) is 8.61 Å². The lowest BCUT2D eigenvalue weighted by atomic mass is 10.3. The molecule has 1 fully saturated rings. The summed E-state index contributed by atoms with van der Waals surface area (Å²) in [7, 11) is -9.21. The molecule has 4 amide bonds. The maximum absolute atomic E-state index is 12.5. The molecular weight excluding hydrogens is 412 g/mol. The summed E-state index contributed by atoms with van der Waals surface area (Å²) in [5.74, 6) is -2.61. The molecule has 9 nitrogen and oxygen atoms in total. The van der Waals surface area contributed by atoms with Gasteiger partial charge in [0, 0.05) is 0 Å². The second kappa shape index (κ2) is 6.01. The van der Waals surface area contributed by atoms with Gasteiger partial charge in [0.05, 0.1) is 0 Å². The molecule has 0 aromatic carbocycles. The molecule has 1 saturated heterocycles. The standard InChI is InChI=1S/C12H8N2O7S4/c15-8-7-9(16)14(25(20,21)11-4-2-6-23-11)12(17)13(8)24(18,19)10-3-1-5-22-10/h1-6H,7H2. The fraction of sp³-hybridized carbons (Fsp3) is 0.0833. The summed E-state index contributed by atoms with van der Waals surface area (Å²) in [6.07, 6.45) is -1.05. The molecule has 0 N–H and O–H groups in total. The number of carbonyl (C=O) groups is 3. The van der Waals surface area contributed by atoms with Gasteiger partial charge in [0.2, 0.25) is 0 Å². The number of nitrogens with zero attached hydrogens (tertiary/aromatic N) is 2. The van der Waals surface area contributed by atoms with Gasteiger partial charge in [-0.15, -0.1) is 31.3 Å². The number of urea groups is 1. The largest absolute Gasteiger partial charge is 0.362 e. The number of carbonyl (C=O) groups excluding carboxylic acids is 3. The van der Waals surface area contributed by atoms with Gasteiger partial charge in [-0.3, -0.25) is 9.59 Å². The lowest BCUT2D eigenvalue weighted by Crippen LogP contribution is -2.58. The van der Waals surface area contributed by atoms with Gasteiger partial charge >= 0.3 is 6.03 Å². The Hall–Kier alpha value is -2.09. The minimum Gasteiger partial charge on any atom is -0.273 e. The van der Waals surface area contributed by atoms with Crippen molar-refractivity contribution in [2.24, 2.45) is 0 Å². The average molecular weight is 420 g/mol. The van der Waals surface area contributed by atoms with E-state index in [0.717, 1.165) is 34.8 Å². The number of sulfonamides is 2. The highest BCUT2D eigenvalue weighted by Gasteiger charge is 2.50. The molecule has 0 radical (unpaired) electrons. The third-order valence-corrected chi connectivity index (χ3v) is 9.22. The summed E-state index contributed by atoms with van der Waals surface area (Å²) >= 11 is 1.50. The van der Waals surface area contributed by atoms with Gasteiger partial charge < -0.3 is 0 Å². The zero-order valence-corrected chi connectivity index (χ0v) is 15.3. The molecule has 132 valence electrons. The summed E-state index contributed by atoms with van der Waals surface area (Å²) in [5.41, 5.74) is 0. The van der Waals surface area contributed by atoms with Crippen LogP contribution in [-0.4, -0.2) is 43.3 Å². The summed E-state index contributed by atoms with van der Waals surface area (Å²) in [5, 5.41) is 2.83. The Morgan fingerprint density at radius 2 is 1.16 bits per heavy atom. The number of thiophene rings is 2. The maximum Gasteiger partial charge on any atom is 0.362 e. The number of hydrogen-bond acceptors (Lipinski definition) is 9. The summed E-state index contributed by atoms with van der Waals surface area (Å²) in [6.45, 7) is 0. The van der Waals surface area contributed by atoms with Crippen molar-refractivity contribution in [2.45, 2.75) is 14.8 Å². The smallest absolute Gasteiger partial charge is 0.273 e. The van der Waals surface area contributed by atoms with E-state index < -0.39 is 44.3 Å². The highest BCUT2D eigenvalue weighted by atomic mass is 32.3. The van der Waals surface area contributed by atoms with Crippen LogP contribution in [0.4, 0.5) is 4.79 Å². The first-order valence-corrected chi connectivity index (χ1v) is 11.1. The van der Waals surface area contributed by atoms with E-state index >= 15 is 0 Å². The van der Waals surface area contributed by atoms with Gasteiger partial charge in [0.25, 0.3) is 31.9 Å². The lowest BCUT2D eigenvalue weighted by Gasteiger charge is -2.30. The Kier molecular flexibility index (Phi) is 4.26. The summed E-state index contributed by atoms with van der Waals surface area (Å²) < 4.78 is 49.0. The van der Waals surface area contributed by atoms with Gasteiger partial charge in [0.1, 0.15) is 14.8 Å². The van der Waals surface area contributed by atoms with E-state index in [1.54, 1.807) is 0 Å². The van der Waals surface area contributed by atoms with Crippen LogP contribution in [0.3, 0.4) is 0 Å². The molecular formula is C12H8N2O7S4. The molecule has 1 aliphatic heterocycles. The monoisotopic (exact) mass is 420 g/mol. The van der Waals surface area contributed by atoms with E-state index in [-0.39, 0.29) is 17.0 Å². The molecule has 25 heavy (non-hydrogen) atoms. The van der Waals surface area contributed by atoms with E-state index in [1.165, 1.54) is 22.9 Å². The SMILES string of the molecule is O=C1CC(=O)N(S(=O)(=O)c2cccs2)C(=O)N1S(=O)(=O)c1cccs1.